The summed E-state index contributed by atoms with van der Waals surface area (Å²) < 4.78 is 8.09. The molecule has 0 aromatic carbocycles. The van der Waals surface area contributed by atoms with Gasteiger partial charge in [0.15, 0.2) is 5.78 Å². The van der Waals surface area contributed by atoms with Crippen molar-refractivity contribution in [2.24, 2.45) is 0 Å². The summed E-state index contributed by atoms with van der Waals surface area (Å²) >= 11 is 0. The molecule has 3 aromatic heterocycles. The van der Waals surface area contributed by atoms with Gasteiger partial charge in [-0.3, -0.25) is 4.79 Å². The van der Waals surface area contributed by atoms with Crippen molar-refractivity contribution in [2.45, 2.75) is 20.8 Å². The van der Waals surface area contributed by atoms with Gasteiger partial charge in [-0.25, -0.2) is 14.0 Å². The minimum atomic E-state index is -0.442. The summed E-state index contributed by atoms with van der Waals surface area (Å²) in [4.78, 5) is 23.7. The molecule has 1 N–H and O–H groups in total. The highest BCUT2D eigenvalue weighted by atomic mass is 16.5. The Kier molecular flexibility index (Phi) is 4.57. The number of hydrogen-bond acceptors (Lipinski definition) is 6. The SMILES string of the molecule is CCOC(=O)c1cnn(-c2ccn3ncc(/C(C(C)=O)=C(\C)O)c3c2)c1. The van der Waals surface area contributed by atoms with Crippen LogP contribution in [-0.4, -0.2) is 42.9 Å². The topological polar surface area (TPSA) is 98.7 Å². The average molecular weight is 354 g/mol. The van der Waals surface area contributed by atoms with E-state index in [1.165, 1.54) is 30.9 Å². The Morgan fingerprint density at radius 1 is 1.23 bits per heavy atom. The van der Waals surface area contributed by atoms with E-state index in [1.807, 2.05) is 0 Å². The molecule has 3 rings (SSSR count). The first kappa shape index (κ1) is 17.4. The second-order valence-corrected chi connectivity index (χ2v) is 5.68. The van der Waals surface area contributed by atoms with Gasteiger partial charge >= 0.3 is 5.97 Å². The van der Waals surface area contributed by atoms with Crippen LogP contribution in [0.4, 0.5) is 0 Å². The van der Waals surface area contributed by atoms with Crippen LogP contribution < -0.4 is 0 Å². The molecule has 0 saturated carbocycles. The molecule has 0 saturated heterocycles. The van der Waals surface area contributed by atoms with E-state index in [2.05, 4.69) is 10.2 Å². The lowest BCUT2D eigenvalue weighted by Crippen LogP contribution is -2.03. The van der Waals surface area contributed by atoms with E-state index in [0.717, 1.165) is 0 Å². The molecule has 134 valence electrons. The molecule has 0 atom stereocenters. The summed E-state index contributed by atoms with van der Waals surface area (Å²) in [6.45, 7) is 4.88. The van der Waals surface area contributed by atoms with Crippen molar-refractivity contribution in [1.29, 1.82) is 0 Å². The molecular weight excluding hydrogens is 336 g/mol. The fourth-order valence-electron chi connectivity index (χ4n) is 2.73. The zero-order chi connectivity index (χ0) is 18.8. The van der Waals surface area contributed by atoms with Gasteiger partial charge in [-0.15, -0.1) is 0 Å². The van der Waals surface area contributed by atoms with E-state index in [1.54, 1.807) is 36.0 Å². The van der Waals surface area contributed by atoms with Crippen molar-refractivity contribution in [3.63, 3.8) is 0 Å². The summed E-state index contributed by atoms with van der Waals surface area (Å²) in [5, 5.41) is 18.3. The largest absolute Gasteiger partial charge is 0.512 e. The molecule has 0 aliphatic carbocycles. The van der Waals surface area contributed by atoms with Gasteiger partial charge in [-0.1, -0.05) is 0 Å². The lowest BCUT2D eigenvalue weighted by molar-refractivity contribution is -0.111. The lowest BCUT2D eigenvalue weighted by atomic mass is 10.0. The van der Waals surface area contributed by atoms with Crippen LogP contribution in [0.5, 0.6) is 0 Å². The summed E-state index contributed by atoms with van der Waals surface area (Å²) in [6, 6.07) is 3.55. The second-order valence-electron chi connectivity index (χ2n) is 5.68. The van der Waals surface area contributed by atoms with Gasteiger partial charge in [0.25, 0.3) is 0 Å². The van der Waals surface area contributed by atoms with E-state index in [0.29, 0.717) is 22.3 Å². The van der Waals surface area contributed by atoms with Crippen molar-refractivity contribution in [1.82, 2.24) is 19.4 Å². The van der Waals surface area contributed by atoms with Crippen LogP contribution in [-0.2, 0) is 9.53 Å². The summed E-state index contributed by atoms with van der Waals surface area (Å²) in [7, 11) is 0. The third-order valence-corrected chi connectivity index (χ3v) is 3.85. The van der Waals surface area contributed by atoms with Gasteiger partial charge in [-0.2, -0.15) is 10.2 Å². The second kappa shape index (κ2) is 6.83. The Balaban J connectivity index is 2.07. The smallest absolute Gasteiger partial charge is 0.341 e. The molecule has 8 nitrogen and oxygen atoms in total. The van der Waals surface area contributed by atoms with Crippen LogP contribution in [0, 0.1) is 0 Å². The number of Topliss-reactive ketones (excluding diaryl/α,β-unsaturated/α-hetero) is 1. The summed E-state index contributed by atoms with van der Waals surface area (Å²) in [5.41, 5.74) is 2.39. The number of fused-ring (bicyclic) bond motifs is 1. The molecule has 0 bridgehead atoms. The number of esters is 1. The van der Waals surface area contributed by atoms with Crippen LogP contribution in [0.2, 0.25) is 0 Å². The minimum absolute atomic E-state index is 0.0681. The number of pyridine rings is 1. The standard InChI is InChI=1S/C18H18N4O4/c1-4-26-18(25)13-8-19-22(10-13)14-5-6-21-16(7-14)15(9-20-21)17(11(2)23)12(3)24/h5-10,23H,4H2,1-3H3/b17-11+. The van der Waals surface area contributed by atoms with Gasteiger partial charge in [0.05, 0.1) is 41.3 Å². The highest BCUT2D eigenvalue weighted by Crippen LogP contribution is 2.25. The fourth-order valence-corrected chi connectivity index (χ4v) is 2.73. The Morgan fingerprint density at radius 2 is 2.00 bits per heavy atom. The zero-order valence-electron chi connectivity index (χ0n) is 14.6. The van der Waals surface area contributed by atoms with Crippen LogP contribution in [0.15, 0.2) is 42.7 Å². The van der Waals surface area contributed by atoms with Gasteiger partial charge in [0.1, 0.15) is 5.76 Å². The number of carbonyl (C=O) groups is 2. The number of carbonyl (C=O) groups excluding carboxylic acids is 2. The van der Waals surface area contributed by atoms with Crippen molar-refractivity contribution in [3.8, 4) is 5.69 Å². The van der Waals surface area contributed by atoms with Crippen molar-refractivity contribution in [2.75, 3.05) is 6.61 Å². The van der Waals surface area contributed by atoms with Crippen LogP contribution in [0.3, 0.4) is 0 Å². The first-order valence-electron chi connectivity index (χ1n) is 8.03. The first-order chi connectivity index (χ1) is 12.4. The van der Waals surface area contributed by atoms with E-state index in [-0.39, 0.29) is 23.7 Å². The van der Waals surface area contributed by atoms with Crippen LogP contribution >= 0.6 is 0 Å². The van der Waals surface area contributed by atoms with Crippen LogP contribution in [0.25, 0.3) is 16.8 Å². The third-order valence-electron chi connectivity index (χ3n) is 3.85. The first-order valence-corrected chi connectivity index (χ1v) is 8.03. The summed E-state index contributed by atoms with van der Waals surface area (Å²) in [6.07, 6.45) is 6.24. The monoisotopic (exact) mass is 354 g/mol. The summed E-state index contributed by atoms with van der Waals surface area (Å²) in [5.74, 6) is -0.766. The van der Waals surface area contributed by atoms with Gasteiger partial charge in [0, 0.05) is 18.0 Å². The van der Waals surface area contributed by atoms with E-state index in [4.69, 9.17) is 4.74 Å². The number of hydrogen-bond donors (Lipinski definition) is 1. The van der Waals surface area contributed by atoms with E-state index < -0.39 is 5.97 Å². The van der Waals surface area contributed by atoms with Crippen LogP contribution in [0.1, 0.15) is 36.7 Å². The molecule has 3 aromatic rings. The number of ether oxygens (including phenoxy) is 1. The predicted octanol–water partition coefficient (Wildman–Crippen LogP) is 2.57. The zero-order valence-corrected chi connectivity index (χ0v) is 14.6. The van der Waals surface area contributed by atoms with E-state index >= 15 is 0 Å². The minimum Gasteiger partial charge on any atom is -0.512 e. The molecule has 3 heterocycles. The fraction of sp³-hybridized carbons (Fsp3) is 0.222. The maximum Gasteiger partial charge on any atom is 0.341 e. The number of allylic oxidation sites excluding steroid dienone is 2. The van der Waals surface area contributed by atoms with E-state index in [9.17, 15) is 14.7 Å². The number of aliphatic hydroxyl groups is 1. The normalized spacial score (nSPS) is 12.1. The average Bonchev–Trinajstić information content (AvgIpc) is 3.22. The Bertz CT molecular complexity index is 1020. The molecule has 26 heavy (non-hydrogen) atoms. The quantitative estimate of drug-likeness (QED) is 0.429. The maximum atomic E-state index is 11.9. The Morgan fingerprint density at radius 3 is 2.65 bits per heavy atom. The molecule has 0 unspecified atom stereocenters. The molecule has 0 fully saturated rings. The van der Waals surface area contributed by atoms with Crippen molar-refractivity contribution >= 4 is 22.8 Å². The van der Waals surface area contributed by atoms with Gasteiger partial charge in [-0.05, 0) is 32.9 Å². The highest BCUT2D eigenvalue weighted by Gasteiger charge is 2.17. The van der Waals surface area contributed by atoms with Crippen molar-refractivity contribution < 1.29 is 19.4 Å². The number of aliphatic hydroxyl groups excluding tert-OH is 1. The van der Waals surface area contributed by atoms with Gasteiger partial charge < -0.3 is 9.84 Å². The number of ketones is 1. The number of rotatable bonds is 5. The number of aromatic nitrogens is 4. The number of nitrogens with zero attached hydrogens (tertiary/aromatic N) is 4. The molecule has 8 heteroatoms. The molecule has 0 amide bonds. The maximum absolute atomic E-state index is 11.9. The lowest BCUT2D eigenvalue weighted by Gasteiger charge is -2.06. The molecular formula is C18H18N4O4. The molecule has 0 aliphatic heterocycles. The molecule has 0 aliphatic rings. The Hall–Kier alpha value is -3.42. The third kappa shape index (κ3) is 3.08. The van der Waals surface area contributed by atoms with Gasteiger partial charge in [0.2, 0.25) is 0 Å². The molecule has 0 spiro atoms. The predicted molar refractivity (Wildman–Crippen MR) is 94.2 cm³/mol. The highest BCUT2D eigenvalue weighted by molar-refractivity contribution is 6.21. The Labute approximate surface area is 149 Å². The molecule has 0 radical (unpaired) electrons. The van der Waals surface area contributed by atoms with Crippen molar-refractivity contribution in [3.05, 3.63) is 53.8 Å².